The quantitative estimate of drug-likeness (QED) is 0.278. The van der Waals surface area contributed by atoms with Crippen LogP contribution in [0.4, 0.5) is 4.39 Å². The first-order valence-electron chi connectivity index (χ1n) is 9.39. The van der Waals surface area contributed by atoms with Crippen LogP contribution in [0.25, 0.3) is 0 Å². The third-order valence-corrected chi connectivity index (χ3v) is 5.00. The Kier molecular flexibility index (Phi) is 11.8. The van der Waals surface area contributed by atoms with Crippen molar-refractivity contribution in [2.45, 2.75) is 77.8 Å². The van der Waals surface area contributed by atoms with Crippen LogP contribution in [0, 0.1) is 0 Å². The van der Waals surface area contributed by atoms with Gasteiger partial charge in [-0.05, 0) is 24.1 Å². The number of alkyl halides is 1. The summed E-state index contributed by atoms with van der Waals surface area (Å²) < 4.78 is 34.2. The van der Waals surface area contributed by atoms with Gasteiger partial charge in [-0.3, -0.25) is 9.42 Å². The molecule has 0 bridgehead atoms. The maximum Gasteiger partial charge on any atom is 0.527 e. The Morgan fingerprint density at radius 1 is 0.920 bits per heavy atom. The summed E-state index contributed by atoms with van der Waals surface area (Å²) in [7, 11) is -4.11. The number of benzene rings is 1. The lowest BCUT2D eigenvalue weighted by Crippen LogP contribution is -1.99. The molecular weight excluding hydrogens is 342 g/mol. The molecule has 0 aliphatic rings. The lowest BCUT2D eigenvalue weighted by molar-refractivity contribution is 0.199. The summed E-state index contributed by atoms with van der Waals surface area (Å²) in [6.07, 6.45) is 11.9. The first kappa shape index (κ1) is 22.1. The van der Waals surface area contributed by atoms with Gasteiger partial charge in [0.15, 0.2) is 0 Å². The van der Waals surface area contributed by atoms with Crippen molar-refractivity contribution in [1.29, 1.82) is 0 Å². The minimum atomic E-state index is -4.11. The minimum absolute atomic E-state index is 0.200. The van der Waals surface area contributed by atoms with Crippen molar-refractivity contribution >= 4 is 7.82 Å². The Balaban J connectivity index is 2.05. The monoisotopic (exact) mass is 374 g/mol. The third kappa shape index (κ3) is 11.4. The highest BCUT2D eigenvalue weighted by Gasteiger charge is 2.22. The van der Waals surface area contributed by atoms with Crippen LogP contribution in [0.5, 0.6) is 5.75 Å². The standard InChI is InChI=1S/C19H32FO4P/c1-2-3-4-5-6-7-8-9-10-11-16-23-25(21,22)24-19-14-12-18(17-20)13-15-19/h12-15H,2-11,16-17H2,1H3,(H,21,22). The highest BCUT2D eigenvalue weighted by Crippen LogP contribution is 2.43. The smallest absolute Gasteiger partial charge is 0.404 e. The first-order chi connectivity index (χ1) is 12.1. The molecule has 0 amide bonds. The van der Waals surface area contributed by atoms with Gasteiger partial charge in [0.1, 0.15) is 12.4 Å². The van der Waals surface area contributed by atoms with Gasteiger partial charge in [-0.15, -0.1) is 0 Å². The van der Waals surface area contributed by atoms with Crippen molar-refractivity contribution in [2.24, 2.45) is 0 Å². The molecule has 25 heavy (non-hydrogen) atoms. The molecule has 0 saturated carbocycles. The van der Waals surface area contributed by atoms with E-state index in [0.717, 1.165) is 19.3 Å². The zero-order chi connectivity index (χ0) is 18.4. The van der Waals surface area contributed by atoms with Gasteiger partial charge in [0.05, 0.1) is 6.61 Å². The van der Waals surface area contributed by atoms with Gasteiger partial charge in [-0.25, -0.2) is 8.96 Å². The summed E-state index contributed by atoms with van der Waals surface area (Å²) in [6, 6.07) is 5.94. The second kappa shape index (κ2) is 13.3. The van der Waals surface area contributed by atoms with E-state index in [2.05, 4.69) is 6.92 Å². The summed E-state index contributed by atoms with van der Waals surface area (Å²) in [4.78, 5) is 9.67. The Hall–Kier alpha value is -0.900. The molecule has 4 nitrogen and oxygen atoms in total. The van der Waals surface area contributed by atoms with Crippen molar-refractivity contribution in [2.75, 3.05) is 6.61 Å². The van der Waals surface area contributed by atoms with Crippen molar-refractivity contribution in [3.05, 3.63) is 29.8 Å². The summed E-state index contributed by atoms with van der Waals surface area (Å²) in [5, 5.41) is 0. The number of hydrogen-bond donors (Lipinski definition) is 1. The van der Waals surface area contributed by atoms with Crippen LogP contribution in [0.2, 0.25) is 0 Å². The Morgan fingerprint density at radius 2 is 1.44 bits per heavy atom. The lowest BCUT2D eigenvalue weighted by atomic mass is 10.1. The largest absolute Gasteiger partial charge is 0.527 e. The average molecular weight is 374 g/mol. The average Bonchev–Trinajstić information content (AvgIpc) is 2.60. The fraction of sp³-hybridized carbons (Fsp3) is 0.684. The second-order valence-corrected chi connectivity index (χ2v) is 7.73. The van der Waals surface area contributed by atoms with E-state index < -0.39 is 14.5 Å². The van der Waals surface area contributed by atoms with Crippen LogP contribution < -0.4 is 4.52 Å². The van der Waals surface area contributed by atoms with Crippen LogP contribution in [0.3, 0.4) is 0 Å². The van der Waals surface area contributed by atoms with Crippen LogP contribution in [-0.4, -0.2) is 11.5 Å². The van der Waals surface area contributed by atoms with Gasteiger partial charge in [0.25, 0.3) is 0 Å². The predicted molar refractivity (Wildman–Crippen MR) is 99.5 cm³/mol. The molecule has 0 aliphatic carbocycles. The number of halogens is 1. The van der Waals surface area contributed by atoms with Gasteiger partial charge in [-0.2, -0.15) is 0 Å². The summed E-state index contributed by atoms with van der Waals surface area (Å²) in [5.74, 6) is 0.200. The van der Waals surface area contributed by atoms with Gasteiger partial charge >= 0.3 is 7.82 Å². The summed E-state index contributed by atoms with van der Waals surface area (Å²) in [6.45, 7) is 1.85. The molecule has 1 aromatic rings. The molecule has 0 fully saturated rings. The van der Waals surface area contributed by atoms with E-state index in [9.17, 15) is 13.8 Å². The zero-order valence-electron chi connectivity index (χ0n) is 15.3. The summed E-state index contributed by atoms with van der Waals surface area (Å²) in [5.41, 5.74) is 0.492. The zero-order valence-corrected chi connectivity index (χ0v) is 16.2. The lowest BCUT2D eigenvalue weighted by Gasteiger charge is -2.13. The van der Waals surface area contributed by atoms with E-state index in [-0.39, 0.29) is 12.4 Å². The Morgan fingerprint density at radius 3 is 1.96 bits per heavy atom. The van der Waals surface area contributed by atoms with E-state index in [0.29, 0.717) is 5.56 Å². The van der Waals surface area contributed by atoms with E-state index in [4.69, 9.17) is 9.05 Å². The van der Waals surface area contributed by atoms with Gasteiger partial charge in [-0.1, -0.05) is 76.8 Å². The van der Waals surface area contributed by atoms with Crippen molar-refractivity contribution in [3.8, 4) is 5.75 Å². The first-order valence-corrected chi connectivity index (χ1v) is 10.9. The molecule has 0 radical (unpaired) electrons. The second-order valence-electron chi connectivity index (χ2n) is 6.35. The van der Waals surface area contributed by atoms with Gasteiger partial charge in [0, 0.05) is 0 Å². The van der Waals surface area contributed by atoms with Crippen molar-refractivity contribution in [1.82, 2.24) is 0 Å². The molecule has 0 aromatic heterocycles. The van der Waals surface area contributed by atoms with E-state index in [1.165, 1.54) is 69.2 Å². The maximum absolute atomic E-state index is 12.4. The Bertz CT molecular complexity index is 493. The van der Waals surface area contributed by atoms with Gasteiger partial charge < -0.3 is 4.52 Å². The minimum Gasteiger partial charge on any atom is -0.404 e. The van der Waals surface area contributed by atoms with Crippen LogP contribution in [0.15, 0.2) is 24.3 Å². The fourth-order valence-electron chi connectivity index (χ4n) is 2.57. The molecule has 6 heteroatoms. The van der Waals surface area contributed by atoms with Crippen LogP contribution >= 0.6 is 7.82 Å². The topological polar surface area (TPSA) is 55.8 Å². The molecule has 1 unspecified atom stereocenters. The molecule has 0 spiro atoms. The number of hydrogen-bond acceptors (Lipinski definition) is 3. The maximum atomic E-state index is 12.4. The van der Waals surface area contributed by atoms with E-state index in [1.54, 1.807) is 0 Å². The molecule has 144 valence electrons. The number of phosphoric acid groups is 1. The van der Waals surface area contributed by atoms with E-state index >= 15 is 0 Å². The Labute approximate surface area is 151 Å². The summed E-state index contributed by atoms with van der Waals surface area (Å²) >= 11 is 0. The van der Waals surface area contributed by atoms with Crippen molar-refractivity contribution in [3.63, 3.8) is 0 Å². The predicted octanol–water partition coefficient (Wildman–Crippen LogP) is 6.57. The fourth-order valence-corrected chi connectivity index (χ4v) is 3.37. The molecule has 0 heterocycles. The normalized spacial score (nSPS) is 13.6. The molecule has 1 N–H and O–H groups in total. The van der Waals surface area contributed by atoms with Crippen LogP contribution in [0.1, 0.15) is 76.7 Å². The third-order valence-electron chi connectivity index (χ3n) is 4.05. The number of rotatable bonds is 15. The van der Waals surface area contributed by atoms with Gasteiger partial charge in [0.2, 0.25) is 0 Å². The number of unbranched alkanes of at least 4 members (excludes halogenated alkanes) is 9. The highest BCUT2D eigenvalue weighted by molar-refractivity contribution is 7.47. The molecule has 1 atom stereocenters. The SMILES string of the molecule is CCCCCCCCCCCCOP(=O)(O)Oc1ccc(CF)cc1. The van der Waals surface area contributed by atoms with E-state index in [1.807, 2.05) is 0 Å². The van der Waals surface area contributed by atoms with Crippen LogP contribution in [-0.2, 0) is 15.8 Å². The highest BCUT2D eigenvalue weighted by atomic mass is 31.2. The molecule has 1 rings (SSSR count). The van der Waals surface area contributed by atoms with Crippen molar-refractivity contribution < 1.29 is 22.9 Å². The molecule has 0 aliphatic heterocycles. The number of phosphoric ester groups is 1. The molecular formula is C19H32FO4P. The molecule has 0 saturated heterocycles. The molecule has 1 aromatic carbocycles.